The van der Waals surface area contributed by atoms with Gasteiger partial charge in [-0.2, -0.15) is 0 Å². The van der Waals surface area contributed by atoms with Crippen LogP contribution in [0.3, 0.4) is 0 Å². The average molecular weight is 358 g/mol. The number of nitrogens with one attached hydrogen (secondary N) is 2. The van der Waals surface area contributed by atoms with Gasteiger partial charge in [0.15, 0.2) is 0 Å². The Morgan fingerprint density at radius 2 is 1.58 bits per heavy atom. The van der Waals surface area contributed by atoms with Crippen molar-refractivity contribution in [3.8, 4) is 0 Å². The zero-order valence-corrected chi connectivity index (χ0v) is 14.6. The highest BCUT2D eigenvalue weighted by Gasteiger charge is 2.48. The molecule has 0 saturated heterocycles. The zero-order chi connectivity index (χ0) is 18.8. The molecule has 0 spiro atoms. The van der Waals surface area contributed by atoms with Gasteiger partial charge in [-0.05, 0) is 42.2 Å². The van der Waals surface area contributed by atoms with Gasteiger partial charge in [0.2, 0.25) is 11.8 Å². The lowest BCUT2D eigenvalue weighted by Crippen LogP contribution is -2.21. The topological polar surface area (TPSA) is 58.2 Å². The van der Waals surface area contributed by atoms with Gasteiger partial charge < -0.3 is 10.6 Å². The van der Waals surface area contributed by atoms with Crippen LogP contribution < -0.4 is 10.6 Å². The number of rotatable bonds is 5. The van der Waals surface area contributed by atoms with E-state index in [0.29, 0.717) is 24.1 Å². The molecule has 2 aromatic carbocycles. The lowest BCUT2D eigenvalue weighted by molar-refractivity contribution is -0.122. The first kappa shape index (κ1) is 18.0. The number of carbonyl (C=O) groups excluding carboxylic acids is 2. The second-order valence-electron chi connectivity index (χ2n) is 6.83. The van der Waals surface area contributed by atoms with E-state index in [-0.39, 0.29) is 11.6 Å². The third-order valence-electron chi connectivity index (χ3n) is 4.50. The maximum absolute atomic E-state index is 13.6. The molecule has 4 nitrogen and oxygen atoms in total. The molecule has 6 heteroatoms. The standard InChI is InChI=1S/C20H20F2N2O2/c1-11(2)12-3-6-14(7-4-12)23-19(25)15-10-16(15)20(26)24-18-8-5-13(21)9-17(18)22/h3-9,11,15-16H,10H2,1-2H3,(H,23,25)(H,24,26). The van der Waals surface area contributed by atoms with E-state index in [2.05, 4.69) is 24.5 Å². The van der Waals surface area contributed by atoms with Crippen LogP contribution in [0.25, 0.3) is 0 Å². The zero-order valence-electron chi connectivity index (χ0n) is 14.6. The Morgan fingerprint density at radius 1 is 0.962 bits per heavy atom. The highest BCUT2D eigenvalue weighted by Crippen LogP contribution is 2.40. The van der Waals surface area contributed by atoms with Crippen LogP contribution in [-0.4, -0.2) is 11.8 Å². The van der Waals surface area contributed by atoms with Gasteiger partial charge in [0.05, 0.1) is 17.5 Å². The largest absolute Gasteiger partial charge is 0.326 e. The molecule has 3 rings (SSSR count). The predicted molar refractivity (Wildman–Crippen MR) is 95.7 cm³/mol. The molecule has 0 aromatic heterocycles. The van der Waals surface area contributed by atoms with E-state index in [4.69, 9.17) is 0 Å². The van der Waals surface area contributed by atoms with E-state index in [0.717, 1.165) is 12.1 Å². The molecule has 26 heavy (non-hydrogen) atoms. The van der Waals surface area contributed by atoms with Crippen LogP contribution in [0.4, 0.5) is 20.2 Å². The molecule has 2 atom stereocenters. The molecule has 2 unspecified atom stereocenters. The summed E-state index contributed by atoms with van der Waals surface area (Å²) < 4.78 is 26.5. The smallest absolute Gasteiger partial charge is 0.228 e. The number of benzene rings is 2. The Balaban J connectivity index is 1.55. The molecule has 1 fully saturated rings. The Labute approximate surface area is 150 Å². The van der Waals surface area contributed by atoms with Gasteiger partial charge in [0.1, 0.15) is 11.6 Å². The van der Waals surface area contributed by atoms with Crippen molar-refractivity contribution in [1.82, 2.24) is 0 Å². The van der Waals surface area contributed by atoms with Crippen molar-refractivity contribution in [2.75, 3.05) is 10.6 Å². The number of hydrogen-bond acceptors (Lipinski definition) is 2. The van der Waals surface area contributed by atoms with Crippen LogP contribution in [0.5, 0.6) is 0 Å². The summed E-state index contributed by atoms with van der Waals surface area (Å²) in [4.78, 5) is 24.4. The van der Waals surface area contributed by atoms with E-state index >= 15 is 0 Å². The number of anilines is 2. The molecule has 136 valence electrons. The predicted octanol–water partition coefficient (Wildman–Crippen LogP) is 4.30. The molecule has 2 amide bonds. The van der Waals surface area contributed by atoms with Gasteiger partial charge in [-0.15, -0.1) is 0 Å². The molecule has 0 heterocycles. The van der Waals surface area contributed by atoms with Gasteiger partial charge in [-0.1, -0.05) is 26.0 Å². The van der Waals surface area contributed by atoms with Crippen molar-refractivity contribution in [3.63, 3.8) is 0 Å². The molecule has 1 aliphatic rings. The minimum absolute atomic E-state index is 0.0910. The van der Waals surface area contributed by atoms with Crippen LogP contribution in [0.2, 0.25) is 0 Å². The summed E-state index contributed by atoms with van der Waals surface area (Å²) in [6.45, 7) is 4.18. The lowest BCUT2D eigenvalue weighted by Gasteiger charge is -2.09. The fourth-order valence-electron chi connectivity index (χ4n) is 2.78. The van der Waals surface area contributed by atoms with Gasteiger partial charge >= 0.3 is 0 Å². The van der Waals surface area contributed by atoms with E-state index in [1.165, 1.54) is 5.56 Å². The summed E-state index contributed by atoms with van der Waals surface area (Å²) in [7, 11) is 0. The lowest BCUT2D eigenvalue weighted by atomic mass is 10.0. The van der Waals surface area contributed by atoms with E-state index < -0.39 is 29.4 Å². The first-order chi connectivity index (χ1) is 12.3. The molecule has 2 aromatic rings. The highest BCUT2D eigenvalue weighted by atomic mass is 19.1. The normalized spacial score (nSPS) is 18.5. The van der Waals surface area contributed by atoms with Crippen LogP contribution in [-0.2, 0) is 9.59 Å². The van der Waals surface area contributed by atoms with Crippen LogP contribution >= 0.6 is 0 Å². The fourth-order valence-corrected chi connectivity index (χ4v) is 2.78. The number of amides is 2. The van der Waals surface area contributed by atoms with Crippen molar-refractivity contribution >= 4 is 23.2 Å². The van der Waals surface area contributed by atoms with Crippen LogP contribution in [0, 0.1) is 23.5 Å². The second kappa shape index (κ2) is 7.23. The summed E-state index contributed by atoms with van der Waals surface area (Å²) in [5.41, 5.74) is 1.76. The molecule has 0 bridgehead atoms. The van der Waals surface area contributed by atoms with E-state index in [9.17, 15) is 18.4 Å². The molecule has 1 saturated carbocycles. The maximum atomic E-state index is 13.6. The Hall–Kier alpha value is -2.76. The summed E-state index contributed by atoms with van der Waals surface area (Å²) in [6.07, 6.45) is 0.407. The SMILES string of the molecule is CC(C)c1ccc(NC(=O)C2CC2C(=O)Nc2ccc(F)cc2F)cc1. The van der Waals surface area contributed by atoms with Crippen molar-refractivity contribution in [2.24, 2.45) is 11.8 Å². The Kier molecular flexibility index (Phi) is 5.02. The van der Waals surface area contributed by atoms with Crippen molar-refractivity contribution in [2.45, 2.75) is 26.2 Å². The molecule has 1 aliphatic carbocycles. The van der Waals surface area contributed by atoms with Gasteiger partial charge in [0.25, 0.3) is 0 Å². The summed E-state index contributed by atoms with van der Waals surface area (Å²) in [5, 5.41) is 5.20. The van der Waals surface area contributed by atoms with Gasteiger partial charge in [-0.25, -0.2) is 8.78 Å². The van der Waals surface area contributed by atoms with Gasteiger partial charge in [0, 0.05) is 11.8 Å². The first-order valence-corrected chi connectivity index (χ1v) is 8.52. The number of carbonyl (C=O) groups is 2. The third-order valence-corrected chi connectivity index (χ3v) is 4.50. The minimum atomic E-state index is -0.842. The van der Waals surface area contributed by atoms with Crippen LogP contribution in [0.15, 0.2) is 42.5 Å². The monoisotopic (exact) mass is 358 g/mol. The fraction of sp³-hybridized carbons (Fsp3) is 0.300. The third kappa shape index (κ3) is 4.07. The summed E-state index contributed by atoms with van der Waals surface area (Å²) in [6, 6.07) is 10.5. The van der Waals surface area contributed by atoms with Crippen molar-refractivity contribution in [1.29, 1.82) is 0 Å². The summed E-state index contributed by atoms with van der Waals surface area (Å²) >= 11 is 0. The second-order valence-corrected chi connectivity index (χ2v) is 6.83. The van der Waals surface area contributed by atoms with Crippen LogP contribution in [0.1, 0.15) is 31.7 Å². The van der Waals surface area contributed by atoms with Crippen molar-refractivity contribution < 1.29 is 18.4 Å². The first-order valence-electron chi connectivity index (χ1n) is 8.52. The maximum Gasteiger partial charge on any atom is 0.228 e. The average Bonchev–Trinajstić information content (AvgIpc) is 3.39. The highest BCUT2D eigenvalue weighted by molar-refractivity contribution is 6.03. The Morgan fingerprint density at radius 3 is 2.15 bits per heavy atom. The Bertz CT molecular complexity index is 834. The number of halogens is 2. The van der Waals surface area contributed by atoms with Gasteiger partial charge in [-0.3, -0.25) is 9.59 Å². The molecular formula is C20H20F2N2O2. The summed E-state index contributed by atoms with van der Waals surface area (Å²) in [5.74, 6) is -2.77. The molecule has 2 N–H and O–H groups in total. The minimum Gasteiger partial charge on any atom is -0.326 e. The van der Waals surface area contributed by atoms with E-state index in [1.54, 1.807) is 0 Å². The molecule has 0 aliphatic heterocycles. The quantitative estimate of drug-likeness (QED) is 0.837. The van der Waals surface area contributed by atoms with Crippen molar-refractivity contribution in [3.05, 3.63) is 59.7 Å². The number of hydrogen-bond donors (Lipinski definition) is 2. The van der Waals surface area contributed by atoms with E-state index in [1.807, 2.05) is 24.3 Å². The molecular weight excluding hydrogens is 338 g/mol. The molecule has 0 radical (unpaired) electrons.